The largest absolute Gasteiger partial charge is 0.383 e. The van der Waals surface area contributed by atoms with E-state index in [2.05, 4.69) is 10.1 Å². The van der Waals surface area contributed by atoms with Crippen LogP contribution in [0.3, 0.4) is 0 Å². The minimum Gasteiger partial charge on any atom is -0.383 e. The zero-order valence-corrected chi connectivity index (χ0v) is 16.8. The maximum absolute atomic E-state index is 14.3. The highest BCUT2D eigenvalue weighted by Gasteiger charge is 2.26. The van der Waals surface area contributed by atoms with Crippen LogP contribution in [0.1, 0.15) is 39.8 Å². The molecule has 0 spiro atoms. The van der Waals surface area contributed by atoms with Crippen molar-refractivity contribution in [1.82, 2.24) is 10.1 Å². The van der Waals surface area contributed by atoms with E-state index in [1.165, 1.54) is 24.4 Å². The Bertz CT molecular complexity index is 1140. The smallest absolute Gasteiger partial charge is 0.147 e. The third-order valence-electron chi connectivity index (χ3n) is 4.89. The van der Waals surface area contributed by atoms with E-state index in [4.69, 9.17) is 16.1 Å². The summed E-state index contributed by atoms with van der Waals surface area (Å²) in [5.74, 6) is -1.79. The molecule has 8 heteroatoms. The third kappa shape index (κ3) is 4.62. The molecule has 158 valence electrons. The first kappa shape index (κ1) is 21.1. The Morgan fingerprint density at radius 3 is 2.42 bits per heavy atom. The van der Waals surface area contributed by atoms with Crippen LogP contribution in [0.5, 0.6) is 0 Å². The Hall–Kier alpha value is -3.16. The minimum atomic E-state index is -1.19. The van der Waals surface area contributed by atoms with Crippen molar-refractivity contribution in [3.63, 3.8) is 0 Å². The summed E-state index contributed by atoms with van der Waals surface area (Å²) in [6.07, 6.45) is 1.79. The summed E-state index contributed by atoms with van der Waals surface area (Å²) in [7, 11) is 0. The van der Waals surface area contributed by atoms with Gasteiger partial charge in [-0.1, -0.05) is 35.0 Å². The van der Waals surface area contributed by atoms with Gasteiger partial charge in [0.15, 0.2) is 0 Å². The van der Waals surface area contributed by atoms with Gasteiger partial charge in [-0.3, -0.25) is 4.98 Å². The normalized spacial score (nSPS) is 12.2. The van der Waals surface area contributed by atoms with Crippen LogP contribution >= 0.6 is 11.6 Å². The molecule has 31 heavy (non-hydrogen) atoms. The number of aliphatic hydroxyl groups is 1. The fraction of sp³-hybridized carbons (Fsp3) is 0.130. The van der Waals surface area contributed by atoms with Gasteiger partial charge in [-0.2, -0.15) is 0 Å². The standard InChI is InChI=1S/C23H16ClF3N2O2/c24-16-5-3-13(18(26)10-16)8-20-22(23(30)15-2-1-7-28-12-15)21(31-29-20)9-14-4-6-17(25)11-19(14)27/h1-7,10-12,23,30H,8-9H2. The van der Waals surface area contributed by atoms with Gasteiger partial charge in [0.1, 0.15) is 29.3 Å². The van der Waals surface area contributed by atoms with Gasteiger partial charge in [-0.05, 0) is 35.4 Å². The molecule has 0 saturated carbocycles. The number of aromatic nitrogens is 2. The number of rotatable bonds is 6. The Morgan fingerprint density at radius 1 is 0.968 bits per heavy atom. The van der Waals surface area contributed by atoms with Gasteiger partial charge in [0.05, 0.1) is 11.3 Å². The lowest BCUT2D eigenvalue weighted by atomic mass is 9.95. The first-order valence-electron chi connectivity index (χ1n) is 9.35. The second-order valence-electron chi connectivity index (χ2n) is 6.98. The fourth-order valence-electron chi connectivity index (χ4n) is 3.32. The molecule has 0 radical (unpaired) electrons. The number of hydrogen-bond donors (Lipinski definition) is 1. The Labute approximate surface area is 180 Å². The van der Waals surface area contributed by atoms with Crippen LogP contribution in [-0.4, -0.2) is 15.2 Å². The fourth-order valence-corrected chi connectivity index (χ4v) is 3.48. The number of pyridine rings is 1. The predicted molar refractivity (Wildman–Crippen MR) is 108 cm³/mol. The first-order chi connectivity index (χ1) is 14.9. The second-order valence-corrected chi connectivity index (χ2v) is 7.42. The van der Waals surface area contributed by atoms with E-state index in [0.717, 1.165) is 12.1 Å². The van der Waals surface area contributed by atoms with E-state index in [1.807, 2.05) is 0 Å². The van der Waals surface area contributed by atoms with E-state index in [0.29, 0.717) is 11.1 Å². The summed E-state index contributed by atoms with van der Waals surface area (Å²) in [6, 6.07) is 10.8. The number of hydrogen-bond acceptors (Lipinski definition) is 4. The van der Waals surface area contributed by atoms with Crippen molar-refractivity contribution in [3.05, 3.63) is 117 Å². The van der Waals surface area contributed by atoms with Gasteiger partial charge in [0.2, 0.25) is 0 Å². The minimum absolute atomic E-state index is 0.0189. The zero-order chi connectivity index (χ0) is 22.0. The molecule has 2 heterocycles. The SMILES string of the molecule is OC(c1cccnc1)c1c(Cc2ccc(Cl)cc2F)noc1Cc1ccc(F)cc1F. The highest BCUT2D eigenvalue weighted by atomic mass is 35.5. The van der Waals surface area contributed by atoms with Crippen molar-refractivity contribution < 1.29 is 22.8 Å². The molecular weight excluding hydrogens is 429 g/mol. The molecule has 1 atom stereocenters. The third-order valence-corrected chi connectivity index (χ3v) is 5.13. The average molecular weight is 445 g/mol. The van der Waals surface area contributed by atoms with Gasteiger partial charge >= 0.3 is 0 Å². The number of benzene rings is 2. The van der Waals surface area contributed by atoms with Crippen LogP contribution in [-0.2, 0) is 12.8 Å². The van der Waals surface area contributed by atoms with E-state index in [9.17, 15) is 18.3 Å². The van der Waals surface area contributed by atoms with Gasteiger partial charge in [0, 0.05) is 41.9 Å². The molecule has 4 rings (SSSR count). The van der Waals surface area contributed by atoms with Crippen LogP contribution in [0.15, 0.2) is 65.4 Å². The molecule has 0 saturated heterocycles. The van der Waals surface area contributed by atoms with Gasteiger partial charge < -0.3 is 9.63 Å². The lowest BCUT2D eigenvalue weighted by Gasteiger charge is -2.13. The zero-order valence-electron chi connectivity index (χ0n) is 16.0. The molecule has 2 aromatic heterocycles. The van der Waals surface area contributed by atoms with Crippen LogP contribution in [0, 0.1) is 17.5 Å². The topological polar surface area (TPSA) is 59.2 Å². The molecule has 1 N–H and O–H groups in total. The molecule has 1 unspecified atom stereocenters. The van der Waals surface area contributed by atoms with Crippen molar-refractivity contribution >= 4 is 11.6 Å². The predicted octanol–water partition coefficient (Wildman–Crippen LogP) is 5.40. The maximum atomic E-state index is 14.3. The lowest BCUT2D eigenvalue weighted by Crippen LogP contribution is -2.07. The summed E-state index contributed by atoms with van der Waals surface area (Å²) in [5.41, 5.74) is 1.50. The average Bonchev–Trinajstić information content (AvgIpc) is 3.14. The van der Waals surface area contributed by atoms with Crippen molar-refractivity contribution in [1.29, 1.82) is 0 Å². The van der Waals surface area contributed by atoms with Gasteiger partial charge in [-0.15, -0.1) is 0 Å². The lowest BCUT2D eigenvalue weighted by molar-refractivity contribution is 0.216. The van der Waals surface area contributed by atoms with Crippen LogP contribution in [0.25, 0.3) is 0 Å². The molecule has 0 bridgehead atoms. The molecule has 2 aromatic carbocycles. The van der Waals surface area contributed by atoms with Crippen LogP contribution < -0.4 is 0 Å². The Balaban J connectivity index is 1.76. The number of aliphatic hydroxyl groups excluding tert-OH is 1. The van der Waals surface area contributed by atoms with Gasteiger partial charge in [0.25, 0.3) is 0 Å². The van der Waals surface area contributed by atoms with Crippen LogP contribution in [0.2, 0.25) is 5.02 Å². The van der Waals surface area contributed by atoms with Crippen molar-refractivity contribution in [3.8, 4) is 0 Å². The number of halogens is 4. The Kier molecular flexibility index (Phi) is 6.06. The number of nitrogens with zero attached hydrogens (tertiary/aromatic N) is 2. The van der Waals surface area contributed by atoms with Crippen LogP contribution in [0.4, 0.5) is 13.2 Å². The van der Waals surface area contributed by atoms with Crippen molar-refractivity contribution in [2.45, 2.75) is 18.9 Å². The summed E-state index contributed by atoms with van der Waals surface area (Å²) < 4.78 is 47.2. The maximum Gasteiger partial charge on any atom is 0.147 e. The van der Waals surface area contributed by atoms with E-state index in [-0.39, 0.29) is 40.4 Å². The van der Waals surface area contributed by atoms with Gasteiger partial charge in [-0.25, -0.2) is 13.2 Å². The molecule has 0 aliphatic heterocycles. The molecule has 0 amide bonds. The van der Waals surface area contributed by atoms with Crippen molar-refractivity contribution in [2.75, 3.05) is 0 Å². The van der Waals surface area contributed by atoms with E-state index < -0.39 is 23.6 Å². The quantitative estimate of drug-likeness (QED) is 0.432. The summed E-state index contributed by atoms with van der Waals surface area (Å²) in [4.78, 5) is 4.00. The Morgan fingerprint density at radius 2 is 1.71 bits per heavy atom. The van der Waals surface area contributed by atoms with E-state index >= 15 is 0 Å². The summed E-state index contributed by atoms with van der Waals surface area (Å²) >= 11 is 5.82. The highest BCUT2D eigenvalue weighted by Crippen LogP contribution is 2.32. The molecule has 4 aromatic rings. The molecule has 0 aliphatic carbocycles. The van der Waals surface area contributed by atoms with Crippen molar-refractivity contribution in [2.24, 2.45) is 0 Å². The first-order valence-corrected chi connectivity index (χ1v) is 9.73. The monoisotopic (exact) mass is 444 g/mol. The van der Waals surface area contributed by atoms with E-state index in [1.54, 1.807) is 24.4 Å². The highest BCUT2D eigenvalue weighted by molar-refractivity contribution is 6.30. The molecule has 4 nitrogen and oxygen atoms in total. The molecule has 0 fully saturated rings. The molecular formula is C23H16ClF3N2O2. The summed E-state index contributed by atoms with van der Waals surface area (Å²) in [6.45, 7) is 0. The molecule has 0 aliphatic rings. The summed E-state index contributed by atoms with van der Waals surface area (Å²) in [5, 5.41) is 15.3. The second kappa shape index (κ2) is 8.91.